The molecule has 0 aromatic carbocycles. The van der Waals surface area contributed by atoms with Crippen LogP contribution in [0.3, 0.4) is 0 Å². The molecule has 0 aliphatic carbocycles. The maximum atomic E-state index is 13.4. The maximum absolute atomic E-state index is 13.4. The van der Waals surface area contributed by atoms with Gasteiger partial charge in [-0.1, -0.05) is 0 Å². The van der Waals surface area contributed by atoms with Crippen molar-refractivity contribution >= 4 is 8.80 Å². The van der Waals surface area contributed by atoms with Crippen molar-refractivity contribution in [3.8, 4) is 0 Å². The van der Waals surface area contributed by atoms with Crippen molar-refractivity contribution in [1.82, 2.24) is 5.32 Å². The van der Waals surface area contributed by atoms with Crippen LogP contribution in [-0.2, 0) is 13.3 Å². The summed E-state index contributed by atoms with van der Waals surface area (Å²) in [7, 11) is -3.13. The van der Waals surface area contributed by atoms with Crippen LogP contribution in [0, 0.1) is 0 Å². The predicted octanol–water partition coefficient (Wildman–Crippen LogP) is 4.20. The van der Waals surface area contributed by atoms with Crippen LogP contribution in [0.25, 0.3) is 0 Å². The molecule has 0 atom stereocenters. The average molecular weight is 403 g/mol. The predicted molar refractivity (Wildman–Crippen MR) is 78.6 cm³/mol. The number of alkyl halides is 7. The van der Waals surface area contributed by atoms with Gasteiger partial charge >= 0.3 is 26.9 Å². The van der Waals surface area contributed by atoms with Gasteiger partial charge in [-0.25, -0.2) is 0 Å². The minimum atomic E-state index is -5.41. The van der Waals surface area contributed by atoms with Crippen molar-refractivity contribution in [2.24, 2.45) is 0 Å². The Morgan fingerprint density at radius 3 is 1.60 bits per heavy atom. The van der Waals surface area contributed by atoms with E-state index in [2.05, 4.69) is 0 Å². The van der Waals surface area contributed by atoms with E-state index < -0.39 is 39.9 Å². The largest absolute Gasteiger partial charge is 0.500 e. The van der Waals surface area contributed by atoms with Crippen LogP contribution in [0.5, 0.6) is 0 Å². The number of hydrogen-bond donors (Lipinski definition) is 1. The molecule has 0 radical (unpaired) electrons. The molecule has 12 heteroatoms. The van der Waals surface area contributed by atoms with Crippen LogP contribution >= 0.6 is 0 Å². The van der Waals surface area contributed by atoms with Crippen molar-refractivity contribution in [3.05, 3.63) is 0 Å². The SMILES string of the molecule is CCO[Si](CCCNC(F)(F)C(F)(F)CC(F)(F)F)(OCC)OCC. The van der Waals surface area contributed by atoms with E-state index in [1.807, 2.05) is 0 Å². The Morgan fingerprint density at radius 1 is 0.800 bits per heavy atom. The molecule has 0 amide bonds. The third-order valence-corrected chi connectivity index (χ3v) is 6.13. The quantitative estimate of drug-likeness (QED) is 0.217. The summed E-state index contributed by atoms with van der Waals surface area (Å²) in [5.74, 6) is -5.25. The molecule has 0 spiro atoms. The molecule has 0 rings (SSSR count). The molecular formula is C13H24F7NO3Si. The highest BCUT2D eigenvalue weighted by Crippen LogP contribution is 2.40. The molecule has 0 aliphatic heterocycles. The summed E-state index contributed by atoms with van der Waals surface area (Å²) >= 11 is 0. The molecule has 0 fully saturated rings. The van der Waals surface area contributed by atoms with Crippen LogP contribution in [0.4, 0.5) is 30.7 Å². The Hall–Kier alpha value is -0.433. The zero-order valence-corrected chi connectivity index (χ0v) is 15.3. The average Bonchev–Trinajstić information content (AvgIpc) is 2.42. The lowest BCUT2D eigenvalue weighted by molar-refractivity contribution is -0.274. The van der Waals surface area contributed by atoms with Crippen LogP contribution in [-0.4, -0.2) is 53.3 Å². The van der Waals surface area contributed by atoms with Crippen molar-refractivity contribution in [2.45, 2.75) is 57.8 Å². The zero-order chi connectivity index (χ0) is 19.8. The molecule has 0 aliphatic rings. The first-order chi connectivity index (χ1) is 11.3. The molecule has 1 N–H and O–H groups in total. The Balaban J connectivity index is 4.69. The maximum Gasteiger partial charge on any atom is 0.500 e. The summed E-state index contributed by atoms with van der Waals surface area (Å²) in [6.45, 7) is 5.15. The molecule has 0 aromatic heterocycles. The lowest BCUT2D eigenvalue weighted by Crippen LogP contribution is -2.54. The molecule has 4 nitrogen and oxygen atoms in total. The Kier molecular flexibility index (Phi) is 9.87. The van der Waals surface area contributed by atoms with Crippen molar-refractivity contribution in [3.63, 3.8) is 0 Å². The van der Waals surface area contributed by atoms with Crippen molar-refractivity contribution in [1.29, 1.82) is 0 Å². The van der Waals surface area contributed by atoms with Gasteiger partial charge in [0.15, 0.2) is 0 Å². The van der Waals surface area contributed by atoms with Gasteiger partial charge in [-0.3, -0.25) is 5.32 Å². The fraction of sp³-hybridized carbons (Fsp3) is 1.00. The fourth-order valence-corrected chi connectivity index (χ4v) is 4.66. The minimum absolute atomic E-state index is 0.0659. The van der Waals surface area contributed by atoms with Gasteiger partial charge in [0.2, 0.25) is 0 Å². The highest BCUT2D eigenvalue weighted by molar-refractivity contribution is 6.60. The summed E-state index contributed by atoms with van der Waals surface area (Å²) in [6.07, 6.45) is -8.41. The Labute approximate surface area is 143 Å². The second-order valence-corrected chi connectivity index (χ2v) is 7.82. The van der Waals surface area contributed by atoms with Gasteiger partial charge in [0, 0.05) is 32.4 Å². The zero-order valence-electron chi connectivity index (χ0n) is 14.3. The topological polar surface area (TPSA) is 39.7 Å². The first kappa shape index (κ1) is 24.6. The number of rotatable bonds is 13. The summed E-state index contributed by atoms with van der Waals surface area (Å²) in [6, 6.07) is -4.92. The molecule has 0 bridgehead atoms. The Morgan fingerprint density at radius 2 is 1.24 bits per heavy atom. The molecule has 25 heavy (non-hydrogen) atoms. The molecular weight excluding hydrogens is 379 g/mol. The van der Waals surface area contributed by atoms with Crippen LogP contribution in [0.1, 0.15) is 33.6 Å². The van der Waals surface area contributed by atoms with Gasteiger partial charge in [0.05, 0.1) is 0 Å². The summed E-state index contributed by atoms with van der Waals surface area (Å²) in [5.41, 5.74) is 0. The Bertz CT molecular complexity index is 366. The molecule has 0 saturated heterocycles. The van der Waals surface area contributed by atoms with E-state index in [0.717, 1.165) is 0 Å². The van der Waals surface area contributed by atoms with E-state index >= 15 is 0 Å². The van der Waals surface area contributed by atoms with E-state index in [-0.39, 0.29) is 32.3 Å². The molecule has 152 valence electrons. The normalized spacial score (nSPS) is 14.2. The fourth-order valence-electron chi connectivity index (χ4n) is 2.04. The third-order valence-electron chi connectivity index (χ3n) is 2.98. The minimum Gasteiger partial charge on any atom is -0.374 e. The highest BCUT2D eigenvalue weighted by atomic mass is 28.4. The number of hydrogen-bond acceptors (Lipinski definition) is 4. The molecule has 0 heterocycles. The summed E-state index contributed by atoms with van der Waals surface area (Å²) in [5, 5.41) is 1.19. The van der Waals surface area contributed by atoms with Gasteiger partial charge in [0.1, 0.15) is 6.42 Å². The van der Waals surface area contributed by atoms with Crippen LogP contribution in [0.2, 0.25) is 6.04 Å². The van der Waals surface area contributed by atoms with Gasteiger partial charge < -0.3 is 13.3 Å². The first-order valence-electron chi connectivity index (χ1n) is 7.84. The monoisotopic (exact) mass is 403 g/mol. The van der Waals surface area contributed by atoms with Gasteiger partial charge in [0.25, 0.3) is 0 Å². The standard InChI is InChI=1S/C13H24F7NO3Si/c1-4-22-25(23-5-2,24-6-3)9-7-8-21-13(19,20)11(14,15)10-12(16,17)18/h21H,4-10H2,1-3H3. The first-order valence-corrected chi connectivity index (χ1v) is 9.77. The second-order valence-electron chi connectivity index (χ2n) is 5.08. The van der Waals surface area contributed by atoms with Crippen molar-refractivity contribution in [2.75, 3.05) is 26.4 Å². The summed E-state index contributed by atoms with van der Waals surface area (Å²) < 4.78 is 105. The van der Waals surface area contributed by atoms with Gasteiger partial charge in [-0.2, -0.15) is 30.7 Å². The van der Waals surface area contributed by atoms with Gasteiger partial charge in [-0.05, 0) is 27.2 Å². The van der Waals surface area contributed by atoms with E-state index in [0.29, 0.717) is 0 Å². The smallest absolute Gasteiger partial charge is 0.374 e. The summed E-state index contributed by atoms with van der Waals surface area (Å²) in [4.78, 5) is 0. The lowest BCUT2D eigenvalue weighted by Gasteiger charge is -2.30. The van der Waals surface area contributed by atoms with Crippen molar-refractivity contribution < 1.29 is 44.0 Å². The molecule has 0 saturated carbocycles. The number of halogens is 7. The molecule has 0 unspecified atom stereocenters. The molecule has 0 aromatic rings. The lowest BCUT2D eigenvalue weighted by atomic mass is 10.2. The van der Waals surface area contributed by atoms with E-state index in [4.69, 9.17) is 13.3 Å². The van der Waals surface area contributed by atoms with Gasteiger partial charge in [-0.15, -0.1) is 0 Å². The third kappa shape index (κ3) is 8.67. The number of nitrogens with one attached hydrogen (secondary N) is 1. The van der Waals surface area contributed by atoms with E-state index in [9.17, 15) is 30.7 Å². The van der Waals surface area contributed by atoms with Crippen LogP contribution < -0.4 is 5.32 Å². The second kappa shape index (κ2) is 10.0. The van der Waals surface area contributed by atoms with Crippen LogP contribution in [0.15, 0.2) is 0 Å². The van der Waals surface area contributed by atoms with E-state index in [1.54, 1.807) is 20.8 Å². The van der Waals surface area contributed by atoms with E-state index in [1.165, 1.54) is 5.32 Å². The highest BCUT2D eigenvalue weighted by Gasteiger charge is 2.60.